The van der Waals surface area contributed by atoms with Crippen LogP contribution in [0, 0.1) is 11.3 Å². The van der Waals surface area contributed by atoms with E-state index in [0.29, 0.717) is 18.7 Å². The minimum atomic E-state index is 0. The Morgan fingerprint density at radius 3 is 2.55 bits per heavy atom. The van der Waals surface area contributed by atoms with E-state index in [0.717, 1.165) is 11.6 Å². The highest BCUT2D eigenvalue weighted by Crippen LogP contribution is 2.34. The summed E-state index contributed by atoms with van der Waals surface area (Å²) in [6.45, 7) is 5.20. The maximum absolute atomic E-state index is 9.31. The minimum absolute atomic E-state index is 0. The smallest absolute Gasteiger partial charge is 0.131 e. The zero-order valence-electron chi connectivity index (χ0n) is 13.5. The Hall–Kier alpha value is -0.0300. The first-order valence-electron chi connectivity index (χ1n) is 8.16. The van der Waals surface area contributed by atoms with Gasteiger partial charge in [0.2, 0.25) is 0 Å². The van der Waals surface area contributed by atoms with E-state index in [9.17, 15) is 5.26 Å². The molecule has 1 aliphatic carbocycles. The molecular weight excluding hydrogens is 320 g/mol. The van der Waals surface area contributed by atoms with Crippen LogP contribution in [-0.4, -0.2) is 57.6 Å². The number of nitriles is 1. The summed E-state index contributed by atoms with van der Waals surface area (Å²) in [5.41, 5.74) is 0. The third kappa shape index (κ3) is 3.55. The first kappa shape index (κ1) is 18.3. The second-order valence-electron chi connectivity index (χ2n) is 6.50. The first-order chi connectivity index (χ1) is 10.2. The van der Waals surface area contributed by atoms with E-state index in [1.54, 1.807) is 0 Å². The van der Waals surface area contributed by atoms with Crippen LogP contribution in [0.5, 0.6) is 0 Å². The molecule has 0 amide bonds. The molecule has 2 saturated heterocycles. The van der Waals surface area contributed by atoms with E-state index >= 15 is 0 Å². The van der Waals surface area contributed by atoms with Crippen LogP contribution in [0.2, 0.25) is 0 Å². The number of thioether (sulfide) groups is 1. The van der Waals surface area contributed by atoms with Crippen molar-refractivity contribution in [2.24, 2.45) is 0 Å². The minimum Gasteiger partial charge on any atom is -0.279 e. The molecule has 0 bridgehead atoms. The van der Waals surface area contributed by atoms with Crippen LogP contribution in [0.4, 0.5) is 0 Å². The topological polar surface area (TPSA) is 42.7 Å². The van der Waals surface area contributed by atoms with Crippen LogP contribution >= 0.6 is 24.2 Å². The van der Waals surface area contributed by atoms with Gasteiger partial charge in [0.15, 0.2) is 0 Å². The van der Waals surface area contributed by atoms with Crippen molar-refractivity contribution in [1.82, 2.24) is 15.1 Å². The second-order valence-corrected chi connectivity index (χ2v) is 7.50. The molecule has 2 aliphatic heterocycles. The third-order valence-electron chi connectivity index (χ3n) is 4.76. The van der Waals surface area contributed by atoms with Crippen LogP contribution in [0.25, 0.3) is 0 Å². The molecule has 0 radical (unpaired) electrons. The second kappa shape index (κ2) is 8.18. The highest BCUT2D eigenvalue weighted by Gasteiger charge is 2.46. The fourth-order valence-corrected chi connectivity index (χ4v) is 4.82. The number of hydrogen-bond donors (Lipinski definition) is 0. The van der Waals surface area contributed by atoms with Gasteiger partial charge in [0.1, 0.15) is 18.8 Å². The molecule has 22 heavy (non-hydrogen) atoms. The molecule has 3 rings (SSSR count). The quantitative estimate of drug-likeness (QED) is 0.779. The maximum atomic E-state index is 9.31. The van der Waals surface area contributed by atoms with Crippen LogP contribution in [0.1, 0.15) is 46.0 Å². The van der Waals surface area contributed by atoms with Gasteiger partial charge in [-0.2, -0.15) is 5.26 Å². The van der Waals surface area contributed by atoms with Crippen LogP contribution in [0.3, 0.4) is 0 Å². The largest absolute Gasteiger partial charge is 0.279 e. The summed E-state index contributed by atoms with van der Waals surface area (Å²) in [6, 6.07) is 3.50. The summed E-state index contributed by atoms with van der Waals surface area (Å²) in [5, 5.41) is 13.8. The van der Waals surface area contributed by atoms with Gasteiger partial charge in [-0.3, -0.25) is 9.74 Å². The summed E-state index contributed by atoms with van der Waals surface area (Å²) < 4.78 is 0. The van der Waals surface area contributed by atoms with Gasteiger partial charge in [0, 0.05) is 23.7 Å². The van der Waals surface area contributed by atoms with Crippen molar-refractivity contribution in [2.45, 2.75) is 70.2 Å². The van der Waals surface area contributed by atoms with Gasteiger partial charge in [0.05, 0.1) is 6.07 Å². The number of hydrazine groups is 1. The standard InChI is InChI=1S/C15H26N4OS.ClH/c1-12(2)18(13-6-4-3-5-7-13)19-15(9-20-19)17-11-21-10-14(17)8-16;/h12-15H,3-7,9-11H2,1-2H3;1H. The van der Waals surface area contributed by atoms with Gasteiger partial charge in [-0.25, -0.2) is 5.01 Å². The predicted molar refractivity (Wildman–Crippen MR) is 91.2 cm³/mol. The van der Waals surface area contributed by atoms with Crippen molar-refractivity contribution in [2.75, 3.05) is 18.2 Å². The number of nitrogens with zero attached hydrogens (tertiary/aromatic N) is 4. The van der Waals surface area contributed by atoms with Gasteiger partial charge in [-0.1, -0.05) is 19.3 Å². The predicted octanol–water partition coefficient (Wildman–Crippen LogP) is 2.84. The highest BCUT2D eigenvalue weighted by atomic mass is 35.5. The van der Waals surface area contributed by atoms with Crippen LogP contribution in [-0.2, 0) is 4.84 Å². The highest BCUT2D eigenvalue weighted by molar-refractivity contribution is 7.99. The van der Waals surface area contributed by atoms with E-state index in [1.807, 2.05) is 11.8 Å². The lowest BCUT2D eigenvalue weighted by Crippen LogP contribution is -2.69. The van der Waals surface area contributed by atoms with Gasteiger partial charge in [-0.05, 0) is 26.7 Å². The molecule has 0 aromatic rings. The fraction of sp³-hybridized carbons (Fsp3) is 0.933. The molecule has 3 aliphatic rings. The van der Waals surface area contributed by atoms with Crippen molar-refractivity contribution in [3.05, 3.63) is 0 Å². The monoisotopic (exact) mass is 346 g/mol. The molecule has 0 N–H and O–H groups in total. The maximum Gasteiger partial charge on any atom is 0.131 e. The van der Waals surface area contributed by atoms with E-state index in [-0.39, 0.29) is 24.6 Å². The zero-order valence-corrected chi connectivity index (χ0v) is 15.1. The molecule has 2 atom stereocenters. The van der Waals surface area contributed by atoms with Gasteiger partial charge < -0.3 is 0 Å². The van der Waals surface area contributed by atoms with Crippen molar-refractivity contribution < 1.29 is 4.84 Å². The van der Waals surface area contributed by atoms with E-state index in [4.69, 9.17) is 4.84 Å². The summed E-state index contributed by atoms with van der Waals surface area (Å²) in [5.74, 6) is 1.87. The molecular formula is C15H27ClN4OS. The molecule has 2 heterocycles. The Morgan fingerprint density at radius 1 is 1.27 bits per heavy atom. The number of halogens is 1. The Balaban J connectivity index is 0.00000176. The Labute approximate surface area is 144 Å². The molecule has 2 unspecified atom stereocenters. The van der Waals surface area contributed by atoms with E-state index in [1.165, 1.54) is 32.1 Å². The van der Waals surface area contributed by atoms with Gasteiger partial charge in [0.25, 0.3) is 0 Å². The summed E-state index contributed by atoms with van der Waals surface area (Å²) >= 11 is 1.85. The molecule has 0 spiro atoms. The average molecular weight is 347 g/mol. The van der Waals surface area contributed by atoms with Crippen molar-refractivity contribution >= 4 is 24.2 Å². The molecule has 1 saturated carbocycles. The number of rotatable bonds is 4. The lowest BCUT2D eigenvalue weighted by atomic mass is 9.94. The lowest BCUT2D eigenvalue weighted by molar-refractivity contribution is -0.430. The molecule has 126 valence electrons. The van der Waals surface area contributed by atoms with E-state index in [2.05, 4.69) is 35.0 Å². The molecule has 5 nitrogen and oxygen atoms in total. The van der Waals surface area contributed by atoms with Crippen molar-refractivity contribution in [3.8, 4) is 6.07 Å². The molecule has 7 heteroatoms. The molecule has 0 aromatic carbocycles. The van der Waals surface area contributed by atoms with Gasteiger partial charge in [-0.15, -0.1) is 29.3 Å². The number of hydrogen-bond acceptors (Lipinski definition) is 6. The van der Waals surface area contributed by atoms with Gasteiger partial charge >= 0.3 is 0 Å². The zero-order chi connectivity index (χ0) is 14.8. The summed E-state index contributed by atoms with van der Waals surface area (Å²) in [7, 11) is 0. The molecule has 0 aromatic heterocycles. The van der Waals surface area contributed by atoms with Crippen molar-refractivity contribution in [3.63, 3.8) is 0 Å². The Morgan fingerprint density at radius 2 is 2.00 bits per heavy atom. The Kier molecular flexibility index (Phi) is 6.81. The van der Waals surface area contributed by atoms with Crippen molar-refractivity contribution in [1.29, 1.82) is 5.26 Å². The van der Waals surface area contributed by atoms with Crippen LogP contribution < -0.4 is 0 Å². The number of hydroxylamine groups is 1. The third-order valence-corrected chi connectivity index (χ3v) is 5.80. The van der Waals surface area contributed by atoms with Crippen LogP contribution in [0.15, 0.2) is 0 Å². The fourth-order valence-electron chi connectivity index (χ4n) is 3.67. The van der Waals surface area contributed by atoms with E-state index < -0.39 is 0 Å². The first-order valence-corrected chi connectivity index (χ1v) is 9.31. The summed E-state index contributed by atoms with van der Waals surface area (Å²) in [6.07, 6.45) is 6.79. The average Bonchev–Trinajstić information content (AvgIpc) is 2.91. The normalized spacial score (nSPS) is 31.0. The molecule has 3 fully saturated rings. The Bertz CT molecular complexity index is 399. The SMILES string of the molecule is CC(C)N(C1CCCCC1)N1OCC1N1CSCC1C#N.Cl. The summed E-state index contributed by atoms with van der Waals surface area (Å²) in [4.78, 5) is 8.12. The lowest BCUT2D eigenvalue weighted by Gasteiger charge is -2.53.